The molecule has 0 aliphatic heterocycles. The number of carbonyl (C=O) groups is 1. The minimum atomic E-state index is -3.65. The van der Waals surface area contributed by atoms with Crippen LogP contribution in [0.25, 0.3) is 0 Å². The number of benzene rings is 2. The molecular weight excluding hydrogens is 378 g/mol. The van der Waals surface area contributed by atoms with Crippen LogP contribution < -0.4 is 14.8 Å². The number of carbonyl (C=O) groups excluding carboxylic acids is 1. The molecule has 140 valence electrons. The SMILES string of the molecule is CNS(=O)(=O)c1cccc(CNC(=O)c2cccc(S(=O)(=O)NC)c2)c1. The van der Waals surface area contributed by atoms with Crippen LogP contribution in [0.4, 0.5) is 0 Å². The van der Waals surface area contributed by atoms with E-state index in [1.54, 1.807) is 12.1 Å². The molecule has 0 aliphatic rings. The quantitative estimate of drug-likeness (QED) is 0.626. The van der Waals surface area contributed by atoms with Crippen molar-refractivity contribution in [2.24, 2.45) is 0 Å². The maximum atomic E-state index is 12.3. The molecule has 0 saturated carbocycles. The van der Waals surface area contributed by atoms with E-state index in [9.17, 15) is 21.6 Å². The number of hydrogen-bond acceptors (Lipinski definition) is 5. The molecule has 0 spiro atoms. The summed E-state index contributed by atoms with van der Waals surface area (Å²) in [6.07, 6.45) is 0. The predicted octanol–water partition coefficient (Wildman–Crippen LogP) is 0.433. The van der Waals surface area contributed by atoms with Crippen molar-refractivity contribution in [2.75, 3.05) is 14.1 Å². The van der Waals surface area contributed by atoms with Gasteiger partial charge in [0, 0.05) is 12.1 Å². The number of rotatable bonds is 7. The summed E-state index contributed by atoms with van der Waals surface area (Å²) in [7, 11) is -4.62. The van der Waals surface area contributed by atoms with Gasteiger partial charge in [0.15, 0.2) is 0 Å². The van der Waals surface area contributed by atoms with Crippen LogP contribution in [-0.2, 0) is 26.6 Å². The molecule has 2 aromatic carbocycles. The number of nitrogens with one attached hydrogen (secondary N) is 3. The Bertz CT molecular complexity index is 1020. The van der Waals surface area contributed by atoms with Crippen LogP contribution in [0.2, 0.25) is 0 Å². The second-order valence-electron chi connectivity index (χ2n) is 5.27. The van der Waals surface area contributed by atoms with E-state index in [4.69, 9.17) is 0 Å². The average molecular weight is 397 g/mol. The Morgan fingerprint density at radius 2 is 1.38 bits per heavy atom. The lowest BCUT2D eigenvalue weighted by atomic mass is 10.2. The molecule has 2 aromatic rings. The van der Waals surface area contributed by atoms with Crippen molar-refractivity contribution < 1.29 is 21.6 Å². The molecule has 0 aromatic heterocycles. The lowest BCUT2D eigenvalue weighted by Crippen LogP contribution is -2.24. The largest absolute Gasteiger partial charge is 0.348 e. The first kappa shape index (κ1) is 20.0. The maximum absolute atomic E-state index is 12.3. The average Bonchev–Trinajstić information content (AvgIpc) is 2.66. The fourth-order valence-electron chi connectivity index (χ4n) is 2.15. The van der Waals surface area contributed by atoms with Gasteiger partial charge in [-0.3, -0.25) is 4.79 Å². The van der Waals surface area contributed by atoms with Gasteiger partial charge >= 0.3 is 0 Å². The van der Waals surface area contributed by atoms with Crippen LogP contribution >= 0.6 is 0 Å². The van der Waals surface area contributed by atoms with Crippen LogP contribution in [0, 0.1) is 0 Å². The Labute approximate surface area is 152 Å². The molecular formula is C16H19N3O5S2. The molecule has 2 rings (SSSR count). The first-order valence-corrected chi connectivity index (χ1v) is 10.5. The minimum absolute atomic E-state index is 0.0187. The Kier molecular flexibility index (Phi) is 6.13. The fourth-order valence-corrected chi connectivity index (χ4v) is 3.72. The third kappa shape index (κ3) is 4.67. The zero-order valence-corrected chi connectivity index (χ0v) is 15.8. The zero-order valence-electron chi connectivity index (χ0n) is 14.2. The van der Waals surface area contributed by atoms with Crippen LogP contribution in [0.5, 0.6) is 0 Å². The monoisotopic (exact) mass is 397 g/mol. The summed E-state index contributed by atoms with van der Waals surface area (Å²) < 4.78 is 51.7. The maximum Gasteiger partial charge on any atom is 0.251 e. The van der Waals surface area contributed by atoms with Gasteiger partial charge in [0.05, 0.1) is 9.79 Å². The topological polar surface area (TPSA) is 121 Å². The molecule has 0 radical (unpaired) electrons. The first-order valence-electron chi connectivity index (χ1n) is 7.54. The van der Waals surface area contributed by atoms with E-state index in [0.717, 1.165) is 0 Å². The Morgan fingerprint density at radius 1 is 0.846 bits per heavy atom. The Morgan fingerprint density at radius 3 is 1.96 bits per heavy atom. The zero-order chi connectivity index (χ0) is 19.4. The van der Waals surface area contributed by atoms with E-state index >= 15 is 0 Å². The van der Waals surface area contributed by atoms with Gasteiger partial charge in [0.1, 0.15) is 0 Å². The van der Waals surface area contributed by atoms with Gasteiger partial charge in [-0.1, -0.05) is 18.2 Å². The van der Waals surface area contributed by atoms with Crippen molar-refractivity contribution >= 4 is 26.0 Å². The van der Waals surface area contributed by atoms with Crippen molar-refractivity contribution in [3.8, 4) is 0 Å². The van der Waals surface area contributed by atoms with Gasteiger partial charge < -0.3 is 5.32 Å². The van der Waals surface area contributed by atoms with E-state index in [0.29, 0.717) is 5.56 Å². The highest BCUT2D eigenvalue weighted by Gasteiger charge is 2.15. The molecule has 0 fully saturated rings. The molecule has 0 saturated heterocycles. The number of hydrogen-bond donors (Lipinski definition) is 3. The highest BCUT2D eigenvalue weighted by Crippen LogP contribution is 2.13. The molecule has 10 heteroatoms. The molecule has 0 heterocycles. The molecule has 0 aliphatic carbocycles. The van der Waals surface area contributed by atoms with Gasteiger partial charge in [-0.15, -0.1) is 0 Å². The van der Waals surface area contributed by atoms with Crippen molar-refractivity contribution in [1.29, 1.82) is 0 Å². The molecule has 3 N–H and O–H groups in total. The van der Waals surface area contributed by atoms with Gasteiger partial charge in [-0.25, -0.2) is 26.3 Å². The second-order valence-corrected chi connectivity index (χ2v) is 9.05. The summed E-state index contributed by atoms with van der Waals surface area (Å²) in [5.41, 5.74) is 0.772. The summed E-state index contributed by atoms with van der Waals surface area (Å²) >= 11 is 0. The van der Waals surface area contributed by atoms with E-state index in [1.807, 2.05) is 0 Å². The van der Waals surface area contributed by atoms with Crippen LogP contribution in [0.15, 0.2) is 58.3 Å². The normalized spacial score (nSPS) is 11.9. The summed E-state index contributed by atoms with van der Waals surface area (Å²) in [4.78, 5) is 12.3. The summed E-state index contributed by atoms with van der Waals surface area (Å²) in [6, 6.07) is 11.8. The van der Waals surface area contributed by atoms with Gasteiger partial charge in [0.2, 0.25) is 20.0 Å². The molecule has 1 amide bonds. The number of sulfonamides is 2. The highest BCUT2D eigenvalue weighted by molar-refractivity contribution is 7.89. The molecule has 8 nitrogen and oxygen atoms in total. The first-order chi connectivity index (χ1) is 12.2. The molecule has 0 bridgehead atoms. The lowest BCUT2D eigenvalue weighted by molar-refractivity contribution is 0.0950. The van der Waals surface area contributed by atoms with E-state index in [-0.39, 0.29) is 21.9 Å². The van der Waals surface area contributed by atoms with Gasteiger partial charge in [-0.2, -0.15) is 0 Å². The molecule has 26 heavy (non-hydrogen) atoms. The standard InChI is InChI=1S/C16H19N3O5S2/c1-17-25(21,22)14-7-3-5-12(9-14)11-19-16(20)13-6-4-8-15(10-13)26(23,24)18-2/h3-10,17-18H,11H2,1-2H3,(H,19,20). The van der Waals surface area contributed by atoms with E-state index in [1.165, 1.54) is 50.5 Å². The smallest absolute Gasteiger partial charge is 0.251 e. The van der Waals surface area contributed by atoms with Crippen LogP contribution in [-0.4, -0.2) is 36.8 Å². The van der Waals surface area contributed by atoms with Crippen molar-refractivity contribution in [3.05, 3.63) is 59.7 Å². The summed E-state index contributed by atoms with van der Waals surface area (Å²) in [5.74, 6) is -0.472. The third-order valence-electron chi connectivity index (χ3n) is 3.61. The Hall–Kier alpha value is -2.27. The summed E-state index contributed by atoms with van der Waals surface area (Å²) in [5, 5.41) is 2.64. The van der Waals surface area contributed by atoms with Crippen molar-refractivity contribution in [2.45, 2.75) is 16.3 Å². The van der Waals surface area contributed by atoms with Crippen molar-refractivity contribution in [3.63, 3.8) is 0 Å². The second kappa shape index (κ2) is 7.96. The van der Waals surface area contributed by atoms with E-state index in [2.05, 4.69) is 14.8 Å². The number of amides is 1. The van der Waals surface area contributed by atoms with Gasteiger partial charge in [0.25, 0.3) is 5.91 Å². The van der Waals surface area contributed by atoms with Gasteiger partial charge in [-0.05, 0) is 50.0 Å². The fraction of sp³-hybridized carbons (Fsp3) is 0.188. The highest BCUT2D eigenvalue weighted by atomic mass is 32.2. The van der Waals surface area contributed by atoms with Crippen LogP contribution in [0.1, 0.15) is 15.9 Å². The summed E-state index contributed by atoms with van der Waals surface area (Å²) in [6.45, 7) is 0.0922. The molecule has 0 atom stereocenters. The van der Waals surface area contributed by atoms with E-state index < -0.39 is 26.0 Å². The predicted molar refractivity (Wildman–Crippen MR) is 96.5 cm³/mol. The van der Waals surface area contributed by atoms with Crippen LogP contribution in [0.3, 0.4) is 0 Å². The molecule has 0 unspecified atom stereocenters. The van der Waals surface area contributed by atoms with Crippen molar-refractivity contribution in [1.82, 2.24) is 14.8 Å². The minimum Gasteiger partial charge on any atom is -0.348 e. The Balaban J connectivity index is 2.15. The lowest BCUT2D eigenvalue weighted by Gasteiger charge is -2.09. The third-order valence-corrected chi connectivity index (χ3v) is 6.43.